The van der Waals surface area contributed by atoms with Crippen LogP contribution in [0.3, 0.4) is 0 Å². The molecular weight excluding hydrogens is 434 g/mol. The molecule has 32 heavy (non-hydrogen) atoms. The maximum absolute atomic E-state index is 12.4. The molecule has 2 aromatic heterocycles. The number of H-pyrrole nitrogens is 1. The normalized spacial score (nSPS) is 20.5. The molecule has 2 atom stereocenters. The highest BCUT2D eigenvalue weighted by Gasteiger charge is 2.47. The largest absolute Gasteiger partial charge is 0.309 e. The number of carbonyl (C=O) groups excluding carboxylic acids is 4. The second-order valence-corrected chi connectivity index (χ2v) is 9.53. The average Bonchev–Trinajstić information content (AvgIpc) is 3.18. The number of carbonyl (C=O) groups is 4. The molecule has 0 aromatic carbocycles. The predicted octanol–water partition coefficient (Wildman–Crippen LogP) is 0.857. The first kappa shape index (κ1) is 22.1. The zero-order valence-electron chi connectivity index (χ0n) is 17.9. The van der Waals surface area contributed by atoms with E-state index in [2.05, 4.69) is 20.8 Å². The number of nitrogens with zero attached hydrogens (tertiary/aromatic N) is 2. The monoisotopic (exact) mass is 459 g/mol. The van der Waals surface area contributed by atoms with Crippen LogP contribution in [0.2, 0.25) is 0 Å². The van der Waals surface area contributed by atoms with Gasteiger partial charge in [0.25, 0.3) is 5.56 Å². The number of hydrogen-bond donors (Lipinski definition) is 3. The van der Waals surface area contributed by atoms with E-state index in [-0.39, 0.29) is 54.4 Å². The van der Waals surface area contributed by atoms with Crippen molar-refractivity contribution in [3.63, 3.8) is 0 Å². The van der Waals surface area contributed by atoms with Gasteiger partial charge in [-0.25, -0.2) is 4.98 Å². The van der Waals surface area contributed by atoms with Crippen molar-refractivity contribution in [2.24, 2.45) is 11.8 Å². The van der Waals surface area contributed by atoms with Crippen molar-refractivity contribution in [2.45, 2.75) is 52.4 Å². The van der Waals surface area contributed by atoms with Crippen LogP contribution in [0.5, 0.6) is 0 Å². The molecule has 1 aliphatic heterocycles. The Kier molecular flexibility index (Phi) is 6.09. The van der Waals surface area contributed by atoms with Crippen LogP contribution in [0.1, 0.15) is 48.4 Å². The number of fused-ring (bicyclic) bond motifs is 2. The molecule has 0 bridgehead atoms. The summed E-state index contributed by atoms with van der Waals surface area (Å²) in [7, 11) is 0. The average molecular weight is 460 g/mol. The van der Waals surface area contributed by atoms with Gasteiger partial charge in [-0.2, -0.15) is 0 Å². The zero-order valence-corrected chi connectivity index (χ0v) is 18.8. The molecule has 4 amide bonds. The van der Waals surface area contributed by atoms with Crippen LogP contribution >= 0.6 is 11.3 Å². The molecule has 10 nitrogen and oxygen atoms in total. The number of amides is 4. The lowest BCUT2D eigenvalue weighted by molar-refractivity contribution is -0.140. The van der Waals surface area contributed by atoms with E-state index in [1.807, 2.05) is 13.8 Å². The summed E-state index contributed by atoms with van der Waals surface area (Å²) in [6, 6.07) is 0. The Morgan fingerprint density at radius 3 is 2.34 bits per heavy atom. The first-order chi connectivity index (χ1) is 15.3. The van der Waals surface area contributed by atoms with E-state index in [1.165, 1.54) is 16.2 Å². The number of aromatic nitrogens is 2. The lowest BCUT2D eigenvalue weighted by Crippen LogP contribution is -2.44. The summed E-state index contributed by atoms with van der Waals surface area (Å²) in [6.45, 7) is 3.75. The number of nitrogens with one attached hydrogen (secondary N) is 3. The SMILES string of the molecule is Cc1sc2nc(CC(=O)NNC(=O)CCN3C(=O)C4CCCCC4C3=O)[nH]c(=O)c2c1C. The molecule has 4 rings (SSSR count). The summed E-state index contributed by atoms with van der Waals surface area (Å²) in [5.41, 5.74) is 5.13. The van der Waals surface area contributed by atoms with Gasteiger partial charge in [0.05, 0.1) is 23.6 Å². The van der Waals surface area contributed by atoms with Crippen molar-refractivity contribution >= 4 is 45.2 Å². The molecule has 3 N–H and O–H groups in total. The summed E-state index contributed by atoms with van der Waals surface area (Å²) in [4.78, 5) is 71.1. The molecule has 2 aromatic rings. The maximum Gasteiger partial charge on any atom is 0.259 e. The standard InChI is InChI=1S/C21H25N5O5S/c1-10-11(2)32-19-17(10)18(29)22-14(23-19)9-16(28)25-24-15(27)7-8-26-20(30)12-5-3-4-6-13(12)21(26)31/h12-13H,3-9H2,1-2H3,(H,24,27)(H,25,28)(H,22,23,29). The van der Waals surface area contributed by atoms with Crippen molar-refractivity contribution in [3.8, 4) is 0 Å². The summed E-state index contributed by atoms with van der Waals surface area (Å²) >= 11 is 1.39. The number of hydrogen-bond acceptors (Lipinski definition) is 7. The fourth-order valence-electron chi connectivity index (χ4n) is 4.45. The Bertz CT molecular complexity index is 1150. The summed E-state index contributed by atoms with van der Waals surface area (Å²) in [6.07, 6.45) is 3.01. The first-order valence-corrected chi connectivity index (χ1v) is 11.5. The molecule has 0 spiro atoms. The van der Waals surface area contributed by atoms with Crippen LogP contribution in [-0.4, -0.2) is 45.0 Å². The fraction of sp³-hybridized carbons (Fsp3) is 0.524. The van der Waals surface area contributed by atoms with E-state index in [0.29, 0.717) is 10.2 Å². The summed E-state index contributed by atoms with van der Waals surface area (Å²) in [5, 5.41) is 0.524. The second kappa shape index (κ2) is 8.81. The van der Waals surface area contributed by atoms with Gasteiger partial charge in [-0.3, -0.25) is 39.7 Å². The number of aryl methyl sites for hydroxylation is 2. The van der Waals surface area contributed by atoms with Gasteiger partial charge in [-0.1, -0.05) is 12.8 Å². The van der Waals surface area contributed by atoms with Gasteiger partial charge in [0, 0.05) is 17.8 Å². The molecule has 1 saturated heterocycles. The van der Waals surface area contributed by atoms with Crippen LogP contribution in [0.15, 0.2) is 4.79 Å². The quantitative estimate of drug-likeness (QED) is 0.447. The van der Waals surface area contributed by atoms with E-state index < -0.39 is 11.8 Å². The van der Waals surface area contributed by atoms with Crippen LogP contribution in [0, 0.1) is 25.7 Å². The third-order valence-electron chi connectivity index (χ3n) is 6.25. The van der Waals surface area contributed by atoms with Crippen LogP contribution in [0.4, 0.5) is 0 Å². The molecule has 1 aliphatic carbocycles. The van der Waals surface area contributed by atoms with E-state index in [4.69, 9.17) is 0 Å². The lowest BCUT2D eigenvalue weighted by atomic mass is 9.81. The molecule has 1 saturated carbocycles. The number of likely N-dealkylation sites (tertiary alicyclic amines) is 1. The number of aromatic amines is 1. The highest BCUT2D eigenvalue weighted by molar-refractivity contribution is 7.18. The topological polar surface area (TPSA) is 141 Å². The minimum absolute atomic E-state index is 0.00497. The van der Waals surface area contributed by atoms with Gasteiger partial charge >= 0.3 is 0 Å². The zero-order chi connectivity index (χ0) is 23.0. The minimum atomic E-state index is -0.551. The van der Waals surface area contributed by atoms with Crippen molar-refractivity contribution in [3.05, 3.63) is 26.6 Å². The van der Waals surface area contributed by atoms with Gasteiger partial charge in [-0.05, 0) is 32.3 Å². The maximum atomic E-state index is 12.4. The Morgan fingerprint density at radius 2 is 1.69 bits per heavy atom. The molecule has 2 fully saturated rings. The van der Waals surface area contributed by atoms with E-state index in [0.717, 1.165) is 36.1 Å². The van der Waals surface area contributed by atoms with Crippen LogP contribution in [-0.2, 0) is 25.6 Å². The molecule has 2 aliphatic rings. The molecule has 11 heteroatoms. The minimum Gasteiger partial charge on any atom is -0.309 e. The van der Waals surface area contributed by atoms with E-state index in [1.54, 1.807) is 0 Å². The Morgan fingerprint density at radius 1 is 1.06 bits per heavy atom. The molecule has 3 heterocycles. The Hall–Kier alpha value is -3.08. The second-order valence-electron chi connectivity index (χ2n) is 8.32. The summed E-state index contributed by atoms with van der Waals surface area (Å²) < 4.78 is 0. The first-order valence-electron chi connectivity index (χ1n) is 10.7. The molecule has 170 valence electrons. The predicted molar refractivity (Wildman–Crippen MR) is 116 cm³/mol. The Balaban J connectivity index is 1.28. The highest BCUT2D eigenvalue weighted by Crippen LogP contribution is 2.37. The van der Waals surface area contributed by atoms with Crippen molar-refractivity contribution in [2.75, 3.05) is 6.54 Å². The molecule has 2 unspecified atom stereocenters. The van der Waals surface area contributed by atoms with Crippen LogP contribution in [0.25, 0.3) is 10.2 Å². The van der Waals surface area contributed by atoms with Gasteiger partial charge in [0.15, 0.2) is 0 Å². The van der Waals surface area contributed by atoms with Crippen molar-refractivity contribution in [1.29, 1.82) is 0 Å². The molecule has 0 radical (unpaired) electrons. The third kappa shape index (κ3) is 4.16. The lowest BCUT2D eigenvalue weighted by Gasteiger charge is -2.19. The summed E-state index contributed by atoms with van der Waals surface area (Å²) in [5.74, 6) is -1.75. The number of rotatable bonds is 5. The smallest absolute Gasteiger partial charge is 0.259 e. The van der Waals surface area contributed by atoms with Gasteiger partial charge in [0.1, 0.15) is 10.7 Å². The van der Waals surface area contributed by atoms with Crippen molar-refractivity contribution < 1.29 is 19.2 Å². The molecular formula is C21H25N5O5S. The third-order valence-corrected chi connectivity index (χ3v) is 7.35. The van der Waals surface area contributed by atoms with Crippen molar-refractivity contribution in [1.82, 2.24) is 25.7 Å². The number of thiophene rings is 1. The Labute approximate surface area is 187 Å². The number of imide groups is 1. The fourth-order valence-corrected chi connectivity index (χ4v) is 5.49. The van der Waals surface area contributed by atoms with E-state index >= 15 is 0 Å². The van der Waals surface area contributed by atoms with Gasteiger partial charge < -0.3 is 4.98 Å². The van der Waals surface area contributed by atoms with Crippen LogP contribution < -0.4 is 16.4 Å². The van der Waals surface area contributed by atoms with E-state index in [9.17, 15) is 24.0 Å². The number of hydrazine groups is 1. The highest BCUT2D eigenvalue weighted by atomic mass is 32.1. The van der Waals surface area contributed by atoms with Gasteiger partial charge in [-0.15, -0.1) is 11.3 Å². The van der Waals surface area contributed by atoms with Gasteiger partial charge in [0.2, 0.25) is 23.6 Å².